The number of carbonyl (C=O) groups excluding carboxylic acids is 1. The number of likely N-dealkylation sites (N-methyl/N-ethyl adjacent to an activating group) is 1. The number of nitrogens with zero attached hydrogens (tertiary/aromatic N) is 3. The lowest BCUT2D eigenvalue weighted by molar-refractivity contribution is 0.0946. The number of hydrogen-bond donors (Lipinski definition) is 4. The third-order valence-electron chi connectivity index (χ3n) is 8.01. The Kier molecular flexibility index (Phi) is 10.4. The molecule has 0 aliphatic heterocycles. The summed E-state index contributed by atoms with van der Waals surface area (Å²) in [7, 11) is 6.11. The van der Waals surface area contributed by atoms with E-state index in [4.69, 9.17) is 5.41 Å². The molecule has 2 heterocycles. The van der Waals surface area contributed by atoms with Crippen molar-refractivity contribution < 1.29 is 4.79 Å². The largest absolute Gasteiger partial charge is 0.383 e. The first-order chi connectivity index (χ1) is 20.2. The number of nitrogens with one attached hydrogen (secondary N) is 4. The Morgan fingerprint density at radius 3 is 2.60 bits per heavy atom. The van der Waals surface area contributed by atoms with Gasteiger partial charge in [0.15, 0.2) is 0 Å². The van der Waals surface area contributed by atoms with Crippen LogP contribution in [0.4, 0.5) is 5.69 Å². The number of anilines is 1. The highest BCUT2D eigenvalue weighted by Gasteiger charge is 2.26. The Balaban J connectivity index is 1.45. The van der Waals surface area contributed by atoms with Crippen LogP contribution in [0.5, 0.6) is 0 Å². The minimum Gasteiger partial charge on any atom is -0.383 e. The van der Waals surface area contributed by atoms with Gasteiger partial charge < -0.3 is 30.8 Å². The number of pyridine rings is 1. The highest BCUT2D eigenvalue weighted by atomic mass is 16.1. The average Bonchev–Trinajstić information content (AvgIpc) is 3.45. The summed E-state index contributed by atoms with van der Waals surface area (Å²) in [4.78, 5) is 25.3. The summed E-state index contributed by atoms with van der Waals surface area (Å²) in [5.74, 6) is -0.0527. The quantitative estimate of drug-likeness (QED) is 0.143. The Hall–Kier alpha value is -4.17. The van der Waals surface area contributed by atoms with Crippen LogP contribution in [0.1, 0.15) is 59.9 Å². The molecule has 2 aliphatic carbocycles. The van der Waals surface area contributed by atoms with Gasteiger partial charge in [-0.2, -0.15) is 0 Å². The van der Waals surface area contributed by atoms with Gasteiger partial charge in [0.2, 0.25) is 0 Å². The van der Waals surface area contributed by atoms with Crippen molar-refractivity contribution >= 4 is 29.0 Å². The molecular formula is C34H45N7O. The number of hydrogen-bond acceptors (Lipinski definition) is 6. The van der Waals surface area contributed by atoms with Crippen LogP contribution >= 0.6 is 0 Å². The molecular weight excluding hydrogens is 522 g/mol. The standard InChI is InChI=1S/C34H45N7O/c1-7-25(22-40(4)5)26-17-32(38-20-26)33-23(2)16-31(29(33)19-35)39-30-18-27(21-37-24(30)3)34(42)36-14-15-41(6)28-12-10-8-9-11-13-28/h7-9,16-23,28,35,38-39H,1,10-15H2,2-6H3,(H,36,42)/b25-22+,35-19?. The van der Waals surface area contributed by atoms with E-state index in [-0.39, 0.29) is 11.8 Å². The Bertz CT molecular complexity index is 1410. The van der Waals surface area contributed by atoms with Gasteiger partial charge in [-0.15, -0.1) is 0 Å². The Morgan fingerprint density at radius 2 is 1.93 bits per heavy atom. The molecule has 0 bridgehead atoms. The summed E-state index contributed by atoms with van der Waals surface area (Å²) in [6.07, 6.45) is 20.1. The number of aromatic amines is 1. The SMILES string of the molecule is C=C/C(=C\N(C)C)c1c[nH]c(C2=C(C=N)C(Nc3cc(C(=O)NCCN(C)C4CCC=CCC4)cnc3C)=CC2C)c1. The topological polar surface area (TPSA) is 100 Å². The van der Waals surface area contributed by atoms with E-state index in [2.05, 4.69) is 70.3 Å². The molecule has 4 rings (SSSR count). The van der Waals surface area contributed by atoms with Crippen molar-refractivity contribution in [2.75, 3.05) is 39.5 Å². The molecule has 0 fully saturated rings. The lowest BCUT2D eigenvalue weighted by Gasteiger charge is -2.27. The molecule has 2 aliphatic rings. The van der Waals surface area contributed by atoms with Gasteiger partial charge in [0.1, 0.15) is 0 Å². The highest BCUT2D eigenvalue weighted by molar-refractivity contribution is 5.99. The van der Waals surface area contributed by atoms with Crippen LogP contribution in [0.3, 0.4) is 0 Å². The number of allylic oxidation sites excluding steroid dienone is 7. The first-order valence-electron chi connectivity index (χ1n) is 14.8. The minimum absolute atomic E-state index is 0.0848. The van der Waals surface area contributed by atoms with Crippen LogP contribution in [0.25, 0.3) is 11.1 Å². The second-order valence-corrected chi connectivity index (χ2v) is 11.4. The van der Waals surface area contributed by atoms with Crippen LogP contribution in [0.2, 0.25) is 0 Å². The normalized spacial score (nSPS) is 17.7. The Morgan fingerprint density at radius 1 is 1.19 bits per heavy atom. The molecule has 0 saturated carbocycles. The monoisotopic (exact) mass is 567 g/mol. The van der Waals surface area contributed by atoms with Gasteiger partial charge >= 0.3 is 0 Å². The summed E-state index contributed by atoms with van der Waals surface area (Å²) >= 11 is 0. The van der Waals surface area contributed by atoms with E-state index >= 15 is 0 Å². The van der Waals surface area contributed by atoms with Crippen molar-refractivity contribution in [3.05, 3.63) is 95.4 Å². The fourth-order valence-corrected chi connectivity index (χ4v) is 5.67. The predicted molar refractivity (Wildman–Crippen MR) is 175 cm³/mol. The van der Waals surface area contributed by atoms with E-state index in [1.807, 2.05) is 50.5 Å². The van der Waals surface area contributed by atoms with Gasteiger partial charge in [-0.05, 0) is 62.9 Å². The van der Waals surface area contributed by atoms with Gasteiger partial charge in [-0.25, -0.2) is 0 Å². The molecule has 0 saturated heterocycles. The lowest BCUT2D eigenvalue weighted by atomic mass is 9.98. The third kappa shape index (κ3) is 7.36. The van der Waals surface area contributed by atoms with Crippen LogP contribution < -0.4 is 10.6 Å². The van der Waals surface area contributed by atoms with Gasteiger partial charge in [-0.1, -0.05) is 37.8 Å². The zero-order chi connectivity index (χ0) is 30.2. The van der Waals surface area contributed by atoms with E-state index in [9.17, 15) is 4.79 Å². The fourth-order valence-electron chi connectivity index (χ4n) is 5.67. The van der Waals surface area contributed by atoms with E-state index in [0.29, 0.717) is 18.2 Å². The van der Waals surface area contributed by atoms with Gasteiger partial charge in [0, 0.05) is 86.5 Å². The molecule has 1 atom stereocenters. The molecule has 222 valence electrons. The summed E-state index contributed by atoms with van der Waals surface area (Å²) in [6, 6.07) is 4.50. The van der Waals surface area contributed by atoms with E-state index in [1.54, 1.807) is 6.20 Å². The summed E-state index contributed by atoms with van der Waals surface area (Å²) < 4.78 is 0. The molecule has 1 amide bonds. The molecule has 0 radical (unpaired) electrons. The Labute approximate surface area is 250 Å². The fraction of sp³-hybridized carbons (Fsp3) is 0.382. The second kappa shape index (κ2) is 14.1. The first-order valence-corrected chi connectivity index (χ1v) is 14.8. The molecule has 1 unspecified atom stereocenters. The van der Waals surface area contributed by atoms with Gasteiger partial charge in [-0.3, -0.25) is 9.78 Å². The average molecular weight is 568 g/mol. The van der Waals surface area contributed by atoms with Crippen molar-refractivity contribution in [1.82, 2.24) is 25.1 Å². The van der Waals surface area contributed by atoms with E-state index < -0.39 is 0 Å². The van der Waals surface area contributed by atoms with Crippen molar-refractivity contribution in [1.29, 1.82) is 5.41 Å². The molecule has 8 nitrogen and oxygen atoms in total. The number of aromatic nitrogens is 2. The molecule has 0 spiro atoms. The smallest absolute Gasteiger partial charge is 0.252 e. The maximum atomic E-state index is 13.0. The van der Waals surface area contributed by atoms with E-state index in [0.717, 1.165) is 77.3 Å². The molecule has 0 aromatic carbocycles. The predicted octanol–water partition coefficient (Wildman–Crippen LogP) is 6.02. The van der Waals surface area contributed by atoms with Crippen molar-refractivity contribution in [2.24, 2.45) is 5.92 Å². The zero-order valence-electron chi connectivity index (χ0n) is 25.6. The number of H-pyrrole nitrogens is 1. The number of rotatable bonds is 12. The lowest BCUT2D eigenvalue weighted by Crippen LogP contribution is -2.38. The van der Waals surface area contributed by atoms with Crippen molar-refractivity contribution in [2.45, 2.75) is 45.6 Å². The van der Waals surface area contributed by atoms with Gasteiger partial charge in [0.05, 0.1) is 16.9 Å². The maximum Gasteiger partial charge on any atom is 0.252 e. The number of amides is 1. The van der Waals surface area contributed by atoms with E-state index in [1.165, 1.54) is 6.21 Å². The summed E-state index contributed by atoms with van der Waals surface area (Å²) in [5.41, 5.74) is 7.74. The summed E-state index contributed by atoms with van der Waals surface area (Å²) in [5, 5.41) is 14.8. The van der Waals surface area contributed by atoms with Gasteiger partial charge in [0.25, 0.3) is 5.91 Å². The van der Waals surface area contributed by atoms with Crippen LogP contribution in [-0.2, 0) is 0 Å². The minimum atomic E-state index is -0.138. The molecule has 2 aromatic rings. The van der Waals surface area contributed by atoms with Crippen LogP contribution in [0, 0.1) is 18.3 Å². The highest BCUT2D eigenvalue weighted by Crippen LogP contribution is 2.38. The first kappa shape index (κ1) is 30.8. The second-order valence-electron chi connectivity index (χ2n) is 11.4. The molecule has 8 heteroatoms. The van der Waals surface area contributed by atoms with Crippen LogP contribution in [-0.4, -0.2) is 72.2 Å². The summed E-state index contributed by atoms with van der Waals surface area (Å²) in [6.45, 7) is 9.39. The molecule has 4 N–H and O–H groups in total. The van der Waals surface area contributed by atoms with Crippen LogP contribution in [0.15, 0.2) is 72.9 Å². The molecule has 42 heavy (non-hydrogen) atoms. The van der Waals surface area contributed by atoms with Crippen molar-refractivity contribution in [3.8, 4) is 0 Å². The van der Waals surface area contributed by atoms with Crippen molar-refractivity contribution in [3.63, 3.8) is 0 Å². The zero-order valence-corrected chi connectivity index (χ0v) is 25.6. The molecule has 2 aromatic heterocycles. The number of aryl methyl sites for hydroxylation is 1. The third-order valence-corrected chi connectivity index (χ3v) is 8.01. The maximum absolute atomic E-state index is 13.0. The number of carbonyl (C=O) groups is 1.